The van der Waals surface area contributed by atoms with Crippen molar-refractivity contribution in [1.82, 2.24) is 0 Å². The molecule has 5 saturated carbocycles. The van der Waals surface area contributed by atoms with Crippen molar-refractivity contribution < 1.29 is 19.1 Å². The van der Waals surface area contributed by atoms with E-state index in [1.807, 2.05) is 0 Å². The predicted molar refractivity (Wildman–Crippen MR) is 140 cm³/mol. The van der Waals surface area contributed by atoms with Gasteiger partial charge in [0, 0.05) is 24.2 Å². The van der Waals surface area contributed by atoms with E-state index in [1.165, 1.54) is 38.5 Å². The van der Waals surface area contributed by atoms with Gasteiger partial charge < -0.3 is 9.47 Å². The molecule has 0 aromatic heterocycles. The second kappa shape index (κ2) is 7.39. The highest BCUT2D eigenvalue weighted by molar-refractivity contribution is 5.89. The van der Waals surface area contributed by atoms with Gasteiger partial charge in [-0.15, -0.1) is 0 Å². The molecule has 7 rings (SSSR count). The van der Waals surface area contributed by atoms with Crippen LogP contribution in [-0.2, 0) is 19.1 Å². The molecular formula is C32H50O4. The summed E-state index contributed by atoms with van der Waals surface area (Å²) < 4.78 is 12.3. The Balaban J connectivity index is 1.36. The molecule has 0 amide bonds. The molecule has 0 N–H and O–H groups in total. The van der Waals surface area contributed by atoms with Crippen LogP contribution in [-0.4, -0.2) is 30.1 Å². The smallest absolute Gasteiger partial charge is 0.302 e. The van der Waals surface area contributed by atoms with Crippen LogP contribution in [0.15, 0.2) is 0 Å². The molecule has 4 nitrogen and oxygen atoms in total. The molecule has 0 unspecified atom stereocenters. The van der Waals surface area contributed by atoms with Crippen molar-refractivity contribution in [3.05, 3.63) is 0 Å². The first-order valence-corrected chi connectivity index (χ1v) is 15.0. The maximum absolute atomic E-state index is 13.2. The SMILES string of the molecule is CC(=O)O[C@@H]1CC[C@]2(C)[C@H](CC[C@]3(C)[C@@H]2CC[C@@H]2[C@@H]4[C@H](C)[C@@]5(C)OC[C@@]4(CC[C@]23C)CC5=O)C1(C)C. The molecule has 11 atom stereocenters. The predicted octanol–water partition coefficient (Wildman–Crippen LogP) is 6.99. The van der Waals surface area contributed by atoms with Crippen molar-refractivity contribution in [3.63, 3.8) is 0 Å². The van der Waals surface area contributed by atoms with Gasteiger partial charge in [-0.3, -0.25) is 9.59 Å². The lowest BCUT2D eigenvalue weighted by atomic mass is 9.30. The molecule has 7 aliphatic rings. The normalized spacial score (nSPS) is 57.2. The summed E-state index contributed by atoms with van der Waals surface area (Å²) >= 11 is 0. The zero-order valence-electron chi connectivity index (χ0n) is 24.2. The number of hydrogen-bond acceptors (Lipinski definition) is 4. The first kappa shape index (κ1) is 25.4. The first-order valence-electron chi connectivity index (χ1n) is 15.0. The molecule has 2 heterocycles. The topological polar surface area (TPSA) is 52.6 Å². The van der Waals surface area contributed by atoms with Crippen LogP contribution in [0, 0.1) is 56.7 Å². The molecular weight excluding hydrogens is 448 g/mol. The van der Waals surface area contributed by atoms with Gasteiger partial charge in [0.25, 0.3) is 0 Å². The number of rotatable bonds is 1. The highest BCUT2D eigenvalue weighted by Crippen LogP contribution is 2.77. The Hall–Kier alpha value is -0.900. The van der Waals surface area contributed by atoms with E-state index in [2.05, 4.69) is 48.5 Å². The molecule has 7 fully saturated rings. The lowest BCUT2D eigenvalue weighted by molar-refractivity contribution is -0.294. The second-order valence-corrected chi connectivity index (χ2v) is 15.8. The standard InChI is InChI=1S/C32H50O4/c1-19-26-21-9-10-23-28(5)13-12-25(36-20(2)33)27(3,4)22(28)11-14-30(23,7)29(21,6)15-16-32(26)17-24(34)31(19,8)35-18-32/h19,21-23,25-26H,9-18H2,1-8H3/t19-,21+,22+,23+,25+,26-,28+,29+,30+,31+,32+/m0/s1. The molecule has 5 aliphatic carbocycles. The van der Waals surface area contributed by atoms with Crippen LogP contribution >= 0.6 is 0 Å². The summed E-state index contributed by atoms with van der Waals surface area (Å²) in [6.45, 7) is 19.5. The summed E-state index contributed by atoms with van der Waals surface area (Å²) in [5, 5.41) is 0. The lowest BCUT2D eigenvalue weighted by Gasteiger charge is -2.75. The Bertz CT molecular complexity index is 987. The third kappa shape index (κ3) is 2.81. The van der Waals surface area contributed by atoms with Crippen LogP contribution < -0.4 is 0 Å². The van der Waals surface area contributed by atoms with Crippen molar-refractivity contribution in [1.29, 1.82) is 0 Å². The largest absolute Gasteiger partial charge is 0.462 e. The van der Waals surface area contributed by atoms with E-state index in [-0.39, 0.29) is 22.9 Å². The fraction of sp³-hybridized carbons (Fsp3) is 0.938. The van der Waals surface area contributed by atoms with Crippen LogP contribution in [0.5, 0.6) is 0 Å². The fourth-order valence-electron chi connectivity index (χ4n) is 12.4. The molecule has 4 heteroatoms. The summed E-state index contributed by atoms with van der Waals surface area (Å²) in [5.41, 5.74) is 0.422. The Morgan fingerprint density at radius 2 is 1.61 bits per heavy atom. The zero-order valence-corrected chi connectivity index (χ0v) is 24.2. The van der Waals surface area contributed by atoms with Crippen LogP contribution in [0.25, 0.3) is 0 Å². The lowest BCUT2D eigenvalue weighted by Crippen LogP contribution is -2.72. The molecule has 0 aromatic carbocycles. The van der Waals surface area contributed by atoms with Gasteiger partial charge in [0.1, 0.15) is 11.7 Å². The molecule has 2 bridgehead atoms. The van der Waals surface area contributed by atoms with Gasteiger partial charge >= 0.3 is 5.97 Å². The van der Waals surface area contributed by atoms with Crippen LogP contribution in [0.4, 0.5) is 0 Å². The average molecular weight is 499 g/mol. The van der Waals surface area contributed by atoms with Crippen molar-refractivity contribution in [3.8, 4) is 0 Å². The van der Waals surface area contributed by atoms with Gasteiger partial charge in [-0.05, 0) is 104 Å². The van der Waals surface area contributed by atoms with Crippen LogP contribution in [0.1, 0.15) is 113 Å². The highest BCUT2D eigenvalue weighted by Gasteiger charge is 2.73. The molecule has 202 valence electrons. The van der Waals surface area contributed by atoms with Gasteiger partial charge in [-0.2, -0.15) is 0 Å². The Kier molecular flexibility index (Phi) is 5.21. The van der Waals surface area contributed by atoms with Gasteiger partial charge in [-0.25, -0.2) is 0 Å². The maximum atomic E-state index is 13.2. The van der Waals surface area contributed by atoms with E-state index in [0.717, 1.165) is 25.9 Å². The van der Waals surface area contributed by atoms with Crippen LogP contribution in [0.2, 0.25) is 0 Å². The minimum Gasteiger partial charge on any atom is -0.462 e. The van der Waals surface area contributed by atoms with E-state index in [1.54, 1.807) is 6.92 Å². The number of ketones is 1. The third-order valence-electron chi connectivity index (χ3n) is 14.6. The summed E-state index contributed by atoms with van der Waals surface area (Å²) in [4.78, 5) is 25.1. The maximum Gasteiger partial charge on any atom is 0.302 e. The molecule has 0 aromatic rings. The molecule has 2 aliphatic heterocycles. The minimum absolute atomic E-state index is 0.0116. The molecule has 0 radical (unpaired) electrons. The number of carbonyl (C=O) groups is 2. The van der Waals surface area contributed by atoms with Crippen molar-refractivity contribution in [2.24, 2.45) is 56.7 Å². The number of Topliss-reactive ketones (excluding diaryl/α,β-unsaturated/α-hetero) is 1. The van der Waals surface area contributed by atoms with Crippen molar-refractivity contribution in [2.45, 2.75) is 125 Å². The summed E-state index contributed by atoms with van der Waals surface area (Å²) in [6.07, 6.45) is 10.5. The number of esters is 1. The Labute approximate surface area is 219 Å². The number of carbonyl (C=O) groups excluding carboxylic acids is 2. The Morgan fingerprint density at radius 3 is 2.28 bits per heavy atom. The quantitative estimate of drug-likeness (QED) is 0.366. The first-order chi connectivity index (χ1) is 16.7. The second-order valence-electron chi connectivity index (χ2n) is 15.8. The van der Waals surface area contributed by atoms with Gasteiger partial charge in [0.15, 0.2) is 5.78 Å². The zero-order chi connectivity index (χ0) is 26.1. The van der Waals surface area contributed by atoms with E-state index >= 15 is 0 Å². The van der Waals surface area contributed by atoms with Gasteiger partial charge in [0.05, 0.1) is 6.61 Å². The van der Waals surface area contributed by atoms with E-state index in [9.17, 15) is 9.59 Å². The van der Waals surface area contributed by atoms with Gasteiger partial charge in [0.2, 0.25) is 0 Å². The van der Waals surface area contributed by atoms with E-state index in [4.69, 9.17) is 9.47 Å². The monoisotopic (exact) mass is 498 g/mol. The summed E-state index contributed by atoms with van der Waals surface area (Å²) in [6, 6.07) is 0. The van der Waals surface area contributed by atoms with E-state index < -0.39 is 5.60 Å². The number of ether oxygens (including phenoxy) is 2. The van der Waals surface area contributed by atoms with E-state index in [0.29, 0.717) is 51.6 Å². The van der Waals surface area contributed by atoms with Crippen molar-refractivity contribution >= 4 is 11.8 Å². The van der Waals surface area contributed by atoms with Crippen molar-refractivity contribution in [2.75, 3.05) is 6.61 Å². The third-order valence-corrected chi connectivity index (χ3v) is 14.6. The Morgan fingerprint density at radius 1 is 0.889 bits per heavy atom. The van der Waals surface area contributed by atoms with Gasteiger partial charge in [-0.1, -0.05) is 41.5 Å². The molecule has 2 saturated heterocycles. The summed E-state index contributed by atoms with van der Waals surface area (Å²) in [5.74, 6) is 3.13. The fourth-order valence-corrected chi connectivity index (χ4v) is 12.4. The minimum atomic E-state index is -0.578. The average Bonchev–Trinajstić information content (AvgIpc) is 2.78. The highest BCUT2D eigenvalue weighted by atomic mass is 16.5. The summed E-state index contributed by atoms with van der Waals surface area (Å²) in [7, 11) is 0. The molecule has 36 heavy (non-hydrogen) atoms. The number of fused-ring (bicyclic) bond motifs is 7. The van der Waals surface area contributed by atoms with Crippen LogP contribution in [0.3, 0.4) is 0 Å². The molecule has 1 spiro atoms. The number of hydrogen-bond donors (Lipinski definition) is 0.